The van der Waals surface area contributed by atoms with Gasteiger partial charge in [0, 0.05) is 16.5 Å². The Kier molecular flexibility index (Phi) is 24.2. The van der Waals surface area contributed by atoms with E-state index in [0.29, 0.717) is 0 Å². The van der Waals surface area contributed by atoms with Crippen LogP contribution in [0.3, 0.4) is 0 Å². The van der Waals surface area contributed by atoms with Crippen LogP contribution < -0.4 is 0 Å². The van der Waals surface area contributed by atoms with Gasteiger partial charge in [-0.25, -0.2) is 0 Å². The predicted molar refractivity (Wildman–Crippen MR) is 199 cm³/mol. The largest absolute Gasteiger partial charge is 0.252 e. The first-order valence-corrected chi connectivity index (χ1v) is 19.0. The van der Waals surface area contributed by atoms with Gasteiger partial charge in [0.15, 0.2) is 0 Å². The van der Waals surface area contributed by atoms with E-state index in [4.69, 9.17) is 9.98 Å². The Morgan fingerprint density at radius 2 is 0.733 bits per heavy atom. The molecule has 45 heavy (non-hydrogen) atoms. The Morgan fingerprint density at radius 3 is 1.07 bits per heavy atom. The minimum atomic E-state index is 0. The van der Waals surface area contributed by atoms with E-state index in [1.165, 1.54) is 136 Å². The van der Waals surface area contributed by atoms with Crippen molar-refractivity contribution in [1.82, 2.24) is 0 Å². The molecule has 2 aromatic carbocycles. The molecule has 0 aliphatic rings. The van der Waals surface area contributed by atoms with Gasteiger partial charge in [0.25, 0.3) is 0 Å². The van der Waals surface area contributed by atoms with Crippen molar-refractivity contribution in [2.75, 3.05) is 0 Å². The fraction of sp³-hybridized carbons (Fsp3) is 0.667. The van der Waals surface area contributed by atoms with Crippen molar-refractivity contribution in [2.45, 2.75) is 183 Å². The molecule has 0 unspecified atom stereocenters. The molecule has 0 saturated heterocycles. The maximum Gasteiger partial charge on any atom is 0.0639 e. The van der Waals surface area contributed by atoms with Gasteiger partial charge in [0.1, 0.15) is 0 Å². The van der Waals surface area contributed by atoms with Gasteiger partial charge in [-0.1, -0.05) is 124 Å². The summed E-state index contributed by atoms with van der Waals surface area (Å²) in [6.45, 7) is 13.7. The average molecular weight is 660 g/mol. The van der Waals surface area contributed by atoms with Gasteiger partial charge >= 0.3 is 0 Å². The van der Waals surface area contributed by atoms with Crippen molar-refractivity contribution in [2.24, 2.45) is 9.98 Å². The van der Waals surface area contributed by atoms with Crippen molar-refractivity contribution >= 4 is 22.8 Å². The third kappa shape index (κ3) is 17.7. The van der Waals surface area contributed by atoms with E-state index < -0.39 is 0 Å². The minimum Gasteiger partial charge on any atom is -0.252 e. The molecule has 3 heteroatoms. The Hall–Kier alpha value is -1.73. The van der Waals surface area contributed by atoms with Gasteiger partial charge in [-0.2, -0.15) is 0 Å². The zero-order valence-electron chi connectivity index (χ0n) is 30.2. The second-order valence-corrected chi connectivity index (χ2v) is 13.1. The van der Waals surface area contributed by atoms with E-state index in [9.17, 15) is 0 Å². The average Bonchev–Trinajstić information content (AvgIpc) is 3.02. The molecule has 0 N–H and O–H groups in total. The zero-order chi connectivity index (χ0) is 31.8. The van der Waals surface area contributed by atoms with Crippen LogP contribution >= 0.6 is 0 Å². The second kappa shape index (κ2) is 26.4. The quantitative estimate of drug-likeness (QED) is 0.0576. The standard InChI is InChI=1S/C42H68N2.Ni/c1-7-13-18-23-28-42(44-40-33-37(26-21-16-10-4)30-38(34-40)27-22-17-11-5)41(12-6)43-39-31-35(24-19-14-8-2)29-36(32-39)25-20-15-9-3;/h29-34H,7-28H2,1-6H3;/b43-41+,44-42+;. The van der Waals surface area contributed by atoms with Crippen LogP contribution in [0, 0.1) is 0 Å². The molecule has 2 aromatic rings. The maximum absolute atomic E-state index is 5.45. The molecule has 0 amide bonds. The number of hydrogen-bond donors (Lipinski definition) is 0. The molecule has 0 heterocycles. The van der Waals surface area contributed by atoms with Crippen LogP contribution in [-0.4, -0.2) is 11.4 Å². The van der Waals surface area contributed by atoms with Crippen molar-refractivity contribution in [3.8, 4) is 0 Å². The Bertz CT molecular complexity index is 1040. The molecule has 2 rings (SSSR count). The smallest absolute Gasteiger partial charge is 0.0639 e. The molecule has 0 saturated carbocycles. The first-order chi connectivity index (χ1) is 21.6. The first-order valence-electron chi connectivity index (χ1n) is 19.0. The van der Waals surface area contributed by atoms with E-state index in [-0.39, 0.29) is 16.5 Å². The molecule has 0 radical (unpaired) electrons. The topological polar surface area (TPSA) is 24.7 Å². The van der Waals surface area contributed by atoms with Gasteiger partial charge in [0.2, 0.25) is 0 Å². The van der Waals surface area contributed by atoms with Crippen LogP contribution in [0.4, 0.5) is 11.4 Å². The second-order valence-electron chi connectivity index (χ2n) is 13.1. The molecule has 0 aliphatic heterocycles. The van der Waals surface area contributed by atoms with Gasteiger partial charge in [-0.15, -0.1) is 0 Å². The van der Waals surface area contributed by atoms with Crippen molar-refractivity contribution in [1.29, 1.82) is 0 Å². The summed E-state index contributed by atoms with van der Waals surface area (Å²) in [4.78, 5) is 10.9. The number of hydrogen-bond acceptors (Lipinski definition) is 2. The SMILES string of the molecule is CCCCCCC(=N\c1cc(CCCCC)cc(CCCCC)c1)/C(CC)=N/c1cc(CCCCC)cc(CCCCC)c1.[Ni]. The number of rotatable bonds is 25. The van der Waals surface area contributed by atoms with Gasteiger partial charge in [-0.05, 0) is 117 Å². The van der Waals surface area contributed by atoms with Crippen LogP contribution in [0.5, 0.6) is 0 Å². The fourth-order valence-electron chi connectivity index (χ4n) is 6.15. The molecule has 0 aliphatic carbocycles. The predicted octanol–water partition coefficient (Wildman–Crippen LogP) is 13.8. The summed E-state index contributed by atoms with van der Waals surface area (Å²) in [6, 6.07) is 14.4. The maximum atomic E-state index is 5.45. The number of aryl methyl sites for hydroxylation is 4. The van der Waals surface area contributed by atoms with E-state index in [1.807, 2.05) is 0 Å². The summed E-state index contributed by atoms with van der Waals surface area (Å²) in [5.74, 6) is 0. The molecule has 2 nitrogen and oxygen atoms in total. The monoisotopic (exact) mass is 658 g/mol. The summed E-state index contributed by atoms with van der Waals surface area (Å²) in [5.41, 5.74) is 10.5. The molecular formula is C42H68N2Ni. The van der Waals surface area contributed by atoms with Crippen LogP contribution in [0.2, 0.25) is 0 Å². The van der Waals surface area contributed by atoms with Gasteiger partial charge < -0.3 is 0 Å². The summed E-state index contributed by atoms with van der Waals surface area (Å²) in [5, 5.41) is 0. The molecule has 0 spiro atoms. The number of unbranched alkanes of at least 4 members (excludes halogenated alkanes) is 11. The van der Waals surface area contributed by atoms with Crippen LogP contribution in [0.25, 0.3) is 0 Å². The summed E-state index contributed by atoms with van der Waals surface area (Å²) >= 11 is 0. The number of benzene rings is 2. The fourth-order valence-corrected chi connectivity index (χ4v) is 6.15. The van der Waals surface area contributed by atoms with Crippen molar-refractivity contribution in [3.63, 3.8) is 0 Å². The number of nitrogens with zero attached hydrogens (tertiary/aromatic N) is 2. The summed E-state index contributed by atoms with van der Waals surface area (Å²) in [6.07, 6.45) is 26.8. The number of aliphatic imine (C=N–C) groups is 2. The van der Waals surface area contributed by atoms with Crippen LogP contribution in [-0.2, 0) is 42.2 Å². The van der Waals surface area contributed by atoms with E-state index in [0.717, 1.165) is 49.9 Å². The Balaban J connectivity index is 0.0000101. The molecule has 0 atom stereocenters. The molecule has 0 aromatic heterocycles. The van der Waals surface area contributed by atoms with E-state index >= 15 is 0 Å². The third-order valence-electron chi connectivity index (χ3n) is 8.81. The molecule has 0 bridgehead atoms. The molecular weight excluding hydrogens is 591 g/mol. The minimum absolute atomic E-state index is 0. The van der Waals surface area contributed by atoms with Crippen LogP contribution in [0.1, 0.15) is 179 Å². The van der Waals surface area contributed by atoms with Crippen LogP contribution in [0.15, 0.2) is 46.4 Å². The van der Waals surface area contributed by atoms with Gasteiger partial charge in [0.05, 0.1) is 22.8 Å². The third-order valence-corrected chi connectivity index (χ3v) is 8.81. The first kappa shape index (κ1) is 41.3. The van der Waals surface area contributed by atoms with E-state index in [2.05, 4.69) is 77.9 Å². The van der Waals surface area contributed by atoms with Crippen molar-refractivity contribution in [3.05, 3.63) is 58.7 Å². The van der Waals surface area contributed by atoms with Crippen molar-refractivity contribution < 1.29 is 16.5 Å². The Labute approximate surface area is 289 Å². The normalized spacial score (nSPS) is 12.0. The zero-order valence-corrected chi connectivity index (χ0v) is 31.2. The summed E-state index contributed by atoms with van der Waals surface area (Å²) in [7, 11) is 0. The Morgan fingerprint density at radius 1 is 0.400 bits per heavy atom. The summed E-state index contributed by atoms with van der Waals surface area (Å²) < 4.78 is 0. The molecule has 0 fully saturated rings. The van der Waals surface area contributed by atoms with Gasteiger partial charge in [-0.3, -0.25) is 9.98 Å². The van der Waals surface area contributed by atoms with E-state index in [1.54, 1.807) is 0 Å². The molecule has 256 valence electrons.